The standard InChI is InChI=1S/C6H12OS2/c1-4-5(7)6(2,3)9-8-4/h4-5,7H,1-3H3. The van der Waals surface area contributed by atoms with E-state index in [0.29, 0.717) is 5.25 Å². The summed E-state index contributed by atoms with van der Waals surface area (Å²) in [7, 11) is 3.56. The largest absolute Gasteiger partial charge is 0.390 e. The van der Waals surface area contributed by atoms with Crippen LogP contribution in [0.15, 0.2) is 0 Å². The van der Waals surface area contributed by atoms with Crippen molar-refractivity contribution >= 4 is 21.6 Å². The van der Waals surface area contributed by atoms with Crippen molar-refractivity contribution in [3.05, 3.63) is 0 Å². The van der Waals surface area contributed by atoms with Crippen LogP contribution in [0.1, 0.15) is 20.8 Å². The van der Waals surface area contributed by atoms with Crippen LogP contribution in [0.2, 0.25) is 0 Å². The Morgan fingerprint density at radius 1 is 1.44 bits per heavy atom. The fourth-order valence-corrected chi connectivity index (χ4v) is 3.91. The molecular weight excluding hydrogens is 152 g/mol. The van der Waals surface area contributed by atoms with E-state index in [0.717, 1.165) is 0 Å². The lowest BCUT2D eigenvalue weighted by atomic mass is 10.0. The SMILES string of the molecule is CC1SSC(C)(C)C1O. The maximum absolute atomic E-state index is 9.48. The zero-order valence-electron chi connectivity index (χ0n) is 5.92. The van der Waals surface area contributed by atoms with Crippen molar-refractivity contribution in [3.63, 3.8) is 0 Å². The van der Waals surface area contributed by atoms with Crippen LogP contribution in [0, 0.1) is 0 Å². The van der Waals surface area contributed by atoms with E-state index in [9.17, 15) is 5.11 Å². The van der Waals surface area contributed by atoms with E-state index in [4.69, 9.17) is 0 Å². The van der Waals surface area contributed by atoms with Crippen molar-refractivity contribution < 1.29 is 5.11 Å². The van der Waals surface area contributed by atoms with Gasteiger partial charge in [0.2, 0.25) is 0 Å². The Morgan fingerprint density at radius 3 is 2.11 bits per heavy atom. The summed E-state index contributed by atoms with van der Waals surface area (Å²) in [4.78, 5) is 0. The van der Waals surface area contributed by atoms with Gasteiger partial charge in [0.15, 0.2) is 0 Å². The molecule has 0 radical (unpaired) electrons. The Kier molecular flexibility index (Phi) is 2.04. The average molecular weight is 164 g/mol. The summed E-state index contributed by atoms with van der Waals surface area (Å²) in [5.74, 6) is 0. The molecule has 0 saturated carbocycles. The Morgan fingerprint density at radius 2 is 2.00 bits per heavy atom. The summed E-state index contributed by atoms with van der Waals surface area (Å²) in [6.45, 7) is 6.23. The number of hydrogen-bond donors (Lipinski definition) is 1. The maximum atomic E-state index is 9.48. The molecule has 1 aliphatic rings. The van der Waals surface area contributed by atoms with Gasteiger partial charge in [0, 0.05) is 10.00 Å². The molecule has 1 aliphatic heterocycles. The van der Waals surface area contributed by atoms with E-state index in [1.165, 1.54) is 0 Å². The molecule has 0 aromatic carbocycles. The normalized spacial score (nSPS) is 41.3. The van der Waals surface area contributed by atoms with Crippen LogP contribution in [-0.2, 0) is 0 Å². The Balaban J connectivity index is 2.62. The smallest absolute Gasteiger partial charge is 0.0813 e. The third-order valence-corrected chi connectivity index (χ3v) is 5.39. The second kappa shape index (κ2) is 2.36. The highest BCUT2D eigenvalue weighted by Crippen LogP contribution is 2.50. The predicted octanol–water partition coefficient (Wildman–Crippen LogP) is 1.91. The van der Waals surface area contributed by atoms with Crippen molar-refractivity contribution in [1.29, 1.82) is 0 Å². The van der Waals surface area contributed by atoms with Crippen molar-refractivity contribution in [2.45, 2.75) is 36.9 Å². The summed E-state index contributed by atoms with van der Waals surface area (Å²) in [6.07, 6.45) is -0.146. The van der Waals surface area contributed by atoms with Gasteiger partial charge in [0.25, 0.3) is 0 Å². The van der Waals surface area contributed by atoms with Crippen molar-refractivity contribution in [2.75, 3.05) is 0 Å². The highest BCUT2D eigenvalue weighted by molar-refractivity contribution is 8.77. The molecule has 0 aliphatic carbocycles. The van der Waals surface area contributed by atoms with Crippen LogP contribution in [0.5, 0.6) is 0 Å². The minimum atomic E-state index is -0.146. The molecule has 54 valence electrons. The monoisotopic (exact) mass is 164 g/mol. The zero-order valence-corrected chi connectivity index (χ0v) is 7.55. The van der Waals surface area contributed by atoms with E-state index < -0.39 is 0 Å². The first kappa shape index (κ1) is 7.76. The van der Waals surface area contributed by atoms with Crippen molar-refractivity contribution in [3.8, 4) is 0 Å². The van der Waals surface area contributed by atoms with Gasteiger partial charge in [-0.05, 0) is 20.8 Å². The molecule has 1 rings (SSSR count). The van der Waals surface area contributed by atoms with Crippen molar-refractivity contribution in [2.24, 2.45) is 0 Å². The number of hydrogen-bond acceptors (Lipinski definition) is 3. The van der Waals surface area contributed by atoms with Gasteiger partial charge in [-0.3, -0.25) is 0 Å². The molecule has 0 aromatic heterocycles. The molecule has 3 heteroatoms. The van der Waals surface area contributed by atoms with Crippen LogP contribution in [0.3, 0.4) is 0 Å². The number of aliphatic hydroxyl groups is 1. The average Bonchev–Trinajstić information content (AvgIpc) is 1.97. The highest BCUT2D eigenvalue weighted by atomic mass is 33.1. The topological polar surface area (TPSA) is 20.2 Å². The zero-order chi connectivity index (χ0) is 7.07. The molecule has 9 heavy (non-hydrogen) atoms. The van der Waals surface area contributed by atoms with E-state index in [1.807, 2.05) is 0 Å². The Labute approximate surface area is 64.0 Å². The minimum Gasteiger partial charge on any atom is -0.390 e. The summed E-state index contributed by atoms with van der Waals surface area (Å²) >= 11 is 0. The first-order valence-electron chi connectivity index (χ1n) is 3.06. The summed E-state index contributed by atoms with van der Waals surface area (Å²) in [5.41, 5.74) is 0. The number of aliphatic hydroxyl groups excluding tert-OH is 1. The van der Waals surface area contributed by atoms with E-state index in [1.54, 1.807) is 21.6 Å². The summed E-state index contributed by atoms with van der Waals surface area (Å²) < 4.78 is 0.0596. The van der Waals surface area contributed by atoms with Gasteiger partial charge in [-0.2, -0.15) is 0 Å². The molecular formula is C6H12OS2. The van der Waals surface area contributed by atoms with Crippen LogP contribution in [-0.4, -0.2) is 21.2 Å². The van der Waals surface area contributed by atoms with Gasteiger partial charge >= 0.3 is 0 Å². The van der Waals surface area contributed by atoms with Gasteiger partial charge in [0.05, 0.1) is 6.10 Å². The third kappa shape index (κ3) is 1.38. The molecule has 1 nitrogen and oxygen atoms in total. The number of rotatable bonds is 0. The van der Waals surface area contributed by atoms with Crippen LogP contribution in [0.4, 0.5) is 0 Å². The lowest BCUT2D eigenvalue weighted by molar-refractivity contribution is 0.147. The molecule has 1 heterocycles. The predicted molar refractivity (Wildman–Crippen MR) is 44.7 cm³/mol. The van der Waals surface area contributed by atoms with Crippen molar-refractivity contribution in [1.82, 2.24) is 0 Å². The van der Waals surface area contributed by atoms with Gasteiger partial charge in [-0.1, -0.05) is 21.6 Å². The van der Waals surface area contributed by atoms with E-state index >= 15 is 0 Å². The fourth-order valence-electron chi connectivity index (χ4n) is 0.867. The van der Waals surface area contributed by atoms with Crippen LogP contribution < -0.4 is 0 Å². The first-order valence-corrected chi connectivity index (χ1v) is 5.28. The lowest BCUT2D eigenvalue weighted by Crippen LogP contribution is -2.33. The quantitative estimate of drug-likeness (QED) is 0.552. The highest BCUT2D eigenvalue weighted by Gasteiger charge is 2.40. The Hall–Kier alpha value is 0.660. The molecule has 0 bridgehead atoms. The maximum Gasteiger partial charge on any atom is 0.0813 e. The molecule has 2 atom stereocenters. The first-order chi connectivity index (χ1) is 4.04. The van der Waals surface area contributed by atoms with Gasteiger partial charge in [0.1, 0.15) is 0 Å². The molecule has 1 N–H and O–H groups in total. The lowest BCUT2D eigenvalue weighted by Gasteiger charge is -2.20. The minimum absolute atomic E-state index is 0.0596. The van der Waals surface area contributed by atoms with Crippen LogP contribution >= 0.6 is 21.6 Å². The molecule has 1 fully saturated rings. The van der Waals surface area contributed by atoms with Gasteiger partial charge in [-0.15, -0.1) is 0 Å². The molecule has 0 amide bonds. The van der Waals surface area contributed by atoms with E-state index in [2.05, 4.69) is 20.8 Å². The molecule has 1 saturated heterocycles. The van der Waals surface area contributed by atoms with Gasteiger partial charge < -0.3 is 5.11 Å². The molecule has 0 aromatic rings. The second-order valence-corrected chi connectivity index (χ2v) is 6.17. The van der Waals surface area contributed by atoms with E-state index in [-0.39, 0.29) is 10.9 Å². The van der Waals surface area contributed by atoms with Crippen LogP contribution in [0.25, 0.3) is 0 Å². The Bertz CT molecular complexity index is 114. The summed E-state index contributed by atoms with van der Waals surface area (Å²) in [5, 5.41) is 9.88. The molecule has 0 spiro atoms. The summed E-state index contributed by atoms with van der Waals surface area (Å²) in [6, 6.07) is 0. The molecule has 2 unspecified atom stereocenters. The third-order valence-electron chi connectivity index (χ3n) is 1.57. The second-order valence-electron chi connectivity index (χ2n) is 2.93. The van der Waals surface area contributed by atoms with Gasteiger partial charge in [-0.25, -0.2) is 0 Å². The fraction of sp³-hybridized carbons (Fsp3) is 1.00.